The Morgan fingerprint density at radius 2 is 2.00 bits per heavy atom. The minimum Gasteiger partial charge on any atom is -0.466 e. The van der Waals surface area contributed by atoms with E-state index in [0.29, 0.717) is 0 Å². The Kier molecular flexibility index (Phi) is 4.28. The maximum absolute atomic E-state index is 10.3. The highest BCUT2D eigenvalue weighted by molar-refractivity contribution is 5.76. The fraction of sp³-hybridized carbons (Fsp3) is 0.500. The number of carbonyl (C=O) groups excluding carboxylic acids is 2. The molecule has 0 N–H and O–H groups in total. The average molecular weight is 145 g/mol. The summed E-state index contributed by atoms with van der Waals surface area (Å²) in [6.07, 6.45) is 0.0248. The van der Waals surface area contributed by atoms with Crippen molar-refractivity contribution in [3.63, 3.8) is 0 Å². The molecule has 0 amide bonds. The highest BCUT2D eigenvalue weighted by atomic mass is 16.6. The molecular formula is C6H9O4. The quantitative estimate of drug-likeness (QED) is 0.521. The van der Waals surface area contributed by atoms with E-state index in [4.69, 9.17) is 0 Å². The van der Waals surface area contributed by atoms with E-state index in [9.17, 15) is 9.59 Å². The highest BCUT2D eigenvalue weighted by Gasteiger charge is 2.03. The van der Waals surface area contributed by atoms with Crippen LogP contribution in [0.2, 0.25) is 0 Å². The molecule has 0 aromatic carbocycles. The zero-order chi connectivity index (χ0) is 7.98. The van der Waals surface area contributed by atoms with Crippen LogP contribution < -0.4 is 0 Å². The van der Waals surface area contributed by atoms with Gasteiger partial charge in [-0.2, -0.15) is 0 Å². The summed E-state index contributed by atoms with van der Waals surface area (Å²) in [6, 6.07) is 0. The van der Waals surface area contributed by atoms with Crippen LogP contribution in [0.1, 0.15) is 6.42 Å². The second-order valence-corrected chi connectivity index (χ2v) is 1.49. The monoisotopic (exact) mass is 145 g/mol. The first kappa shape index (κ1) is 8.94. The summed E-state index contributed by atoms with van der Waals surface area (Å²) in [4.78, 5) is 20.7. The van der Waals surface area contributed by atoms with Gasteiger partial charge in [0, 0.05) is 6.42 Å². The minimum absolute atomic E-state index is 0.0248. The molecule has 0 rings (SSSR count). The van der Waals surface area contributed by atoms with Crippen molar-refractivity contribution in [2.24, 2.45) is 0 Å². The number of hydrogen-bond donors (Lipinski definition) is 0. The summed E-state index contributed by atoms with van der Waals surface area (Å²) in [5.41, 5.74) is 0. The van der Waals surface area contributed by atoms with Crippen molar-refractivity contribution >= 4 is 11.9 Å². The number of hydrogen-bond acceptors (Lipinski definition) is 4. The van der Waals surface area contributed by atoms with Crippen molar-refractivity contribution in [1.82, 2.24) is 0 Å². The molecular weight excluding hydrogens is 136 g/mol. The third kappa shape index (κ3) is 3.88. The summed E-state index contributed by atoms with van der Waals surface area (Å²) >= 11 is 0. The second kappa shape index (κ2) is 4.78. The molecule has 0 aliphatic rings. The third-order valence-electron chi connectivity index (χ3n) is 0.783. The van der Waals surface area contributed by atoms with Gasteiger partial charge in [-0.15, -0.1) is 0 Å². The van der Waals surface area contributed by atoms with E-state index in [0.717, 1.165) is 0 Å². The van der Waals surface area contributed by atoms with E-state index >= 15 is 0 Å². The fourth-order valence-corrected chi connectivity index (χ4v) is 0.271. The molecule has 0 spiro atoms. The first-order valence-electron chi connectivity index (χ1n) is 2.72. The Hall–Kier alpha value is -1.06. The van der Waals surface area contributed by atoms with Crippen molar-refractivity contribution in [2.45, 2.75) is 6.42 Å². The van der Waals surface area contributed by atoms with Crippen LogP contribution in [-0.2, 0) is 19.1 Å². The molecule has 0 atom stereocenters. The molecule has 57 valence electrons. The number of esters is 2. The van der Waals surface area contributed by atoms with E-state index in [2.05, 4.69) is 16.4 Å². The first-order valence-corrected chi connectivity index (χ1v) is 2.72. The number of ether oxygens (including phenoxy) is 2. The maximum Gasteiger partial charge on any atom is 0.344 e. The lowest BCUT2D eigenvalue weighted by molar-refractivity contribution is -0.156. The standard InChI is InChI=1S/C6H9O4/c1-3-5(7)10-4-6(8)9-2/h1,3-4H2,2H3. The van der Waals surface area contributed by atoms with Gasteiger partial charge in [-0.3, -0.25) is 4.79 Å². The Morgan fingerprint density at radius 1 is 1.40 bits per heavy atom. The predicted molar refractivity (Wildman–Crippen MR) is 32.9 cm³/mol. The average Bonchev–Trinajstić information content (AvgIpc) is 1.99. The molecule has 4 heteroatoms. The molecule has 0 saturated carbocycles. The lowest BCUT2D eigenvalue weighted by atomic mass is 10.5. The van der Waals surface area contributed by atoms with Crippen molar-refractivity contribution in [1.29, 1.82) is 0 Å². The Morgan fingerprint density at radius 3 is 2.40 bits per heavy atom. The smallest absolute Gasteiger partial charge is 0.344 e. The number of carbonyl (C=O) groups is 2. The van der Waals surface area contributed by atoms with Gasteiger partial charge in [-0.05, 0) is 6.92 Å². The fourth-order valence-electron chi connectivity index (χ4n) is 0.271. The van der Waals surface area contributed by atoms with Gasteiger partial charge in [-0.25, -0.2) is 4.79 Å². The molecule has 0 aliphatic heterocycles. The highest BCUT2D eigenvalue weighted by Crippen LogP contribution is 1.84. The minimum atomic E-state index is -0.568. The Balaban J connectivity index is 3.35. The van der Waals surface area contributed by atoms with Gasteiger partial charge in [0.05, 0.1) is 7.11 Å². The normalized spacial score (nSPS) is 8.60. The van der Waals surface area contributed by atoms with Gasteiger partial charge in [0.2, 0.25) is 0 Å². The van der Waals surface area contributed by atoms with Crippen LogP contribution in [-0.4, -0.2) is 25.7 Å². The van der Waals surface area contributed by atoms with Crippen LogP contribution in [0.15, 0.2) is 0 Å². The molecule has 0 aromatic rings. The first-order chi connectivity index (χ1) is 4.70. The molecule has 1 radical (unpaired) electrons. The van der Waals surface area contributed by atoms with E-state index in [-0.39, 0.29) is 13.0 Å². The van der Waals surface area contributed by atoms with Crippen molar-refractivity contribution in [2.75, 3.05) is 13.7 Å². The molecule has 0 heterocycles. The molecule has 0 bridgehead atoms. The molecule has 4 nitrogen and oxygen atoms in total. The van der Waals surface area contributed by atoms with Crippen LogP contribution in [0.3, 0.4) is 0 Å². The molecule has 10 heavy (non-hydrogen) atoms. The van der Waals surface area contributed by atoms with Crippen LogP contribution in [0.4, 0.5) is 0 Å². The van der Waals surface area contributed by atoms with Crippen LogP contribution in [0, 0.1) is 6.92 Å². The molecule has 0 fully saturated rings. The maximum atomic E-state index is 10.3. The van der Waals surface area contributed by atoms with Crippen LogP contribution >= 0.6 is 0 Å². The Labute approximate surface area is 59.1 Å². The summed E-state index contributed by atoms with van der Waals surface area (Å²) < 4.78 is 8.58. The van der Waals surface area contributed by atoms with Crippen LogP contribution in [0.25, 0.3) is 0 Å². The van der Waals surface area contributed by atoms with Gasteiger partial charge in [0.25, 0.3) is 0 Å². The van der Waals surface area contributed by atoms with Crippen LogP contribution in [0.5, 0.6) is 0 Å². The third-order valence-corrected chi connectivity index (χ3v) is 0.783. The van der Waals surface area contributed by atoms with Crippen molar-refractivity contribution in [3.05, 3.63) is 6.92 Å². The van der Waals surface area contributed by atoms with Gasteiger partial charge >= 0.3 is 11.9 Å². The summed E-state index contributed by atoms with van der Waals surface area (Å²) in [6.45, 7) is 2.93. The van der Waals surface area contributed by atoms with Gasteiger partial charge in [-0.1, -0.05) is 0 Å². The van der Waals surface area contributed by atoms with Crippen molar-refractivity contribution in [3.8, 4) is 0 Å². The summed E-state index contributed by atoms with van der Waals surface area (Å²) in [5.74, 6) is -1.08. The van der Waals surface area contributed by atoms with Gasteiger partial charge in [0.15, 0.2) is 6.61 Å². The summed E-state index contributed by atoms with van der Waals surface area (Å²) in [5, 5.41) is 0. The predicted octanol–water partition coefficient (Wildman–Crippen LogP) is -0.0732. The van der Waals surface area contributed by atoms with Gasteiger partial charge in [0.1, 0.15) is 0 Å². The van der Waals surface area contributed by atoms with E-state index < -0.39 is 11.9 Å². The molecule has 0 unspecified atom stereocenters. The lowest BCUT2D eigenvalue weighted by Crippen LogP contribution is -2.13. The molecule has 0 aromatic heterocycles. The number of rotatable bonds is 3. The topological polar surface area (TPSA) is 52.6 Å². The molecule has 0 saturated heterocycles. The zero-order valence-electron chi connectivity index (χ0n) is 5.75. The number of methoxy groups -OCH3 is 1. The zero-order valence-corrected chi connectivity index (χ0v) is 5.75. The summed E-state index contributed by atoms with van der Waals surface area (Å²) in [7, 11) is 1.22. The van der Waals surface area contributed by atoms with Crippen molar-refractivity contribution < 1.29 is 19.1 Å². The Bertz CT molecular complexity index is 114. The lowest BCUT2D eigenvalue weighted by Gasteiger charge is -1.99. The van der Waals surface area contributed by atoms with E-state index in [1.165, 1.54) is 7.11 Å². The van der Waals surface area contributed by atoms with Gasteiger partial charge < -0.3 is 9.47 Å². The van der Waals surface area contributed by atoms with E-state index in [1.54, 1.807) is 0 Å². The second-order valence-electron chi connectivity index (χ2n) is 1.49. The largest absolute Gasteiger partial charge is 0.466 e. The van der Waals surface area contributed by atoms with E-state index in [1.807, 2.05) is 0 Å². The SMILES string of the molecule is [CH2]CC(=O)OCC(=O)OC. The molecule has 0 aliphatic carbocycles.